The molecule has 0 heterocycles. The molecule has 0 saturated heterocycles. The van der Waals surface area contributed by atoms with E-state index < -0.39 is 54.3 Å². The zero-order valence-corrected chi connectivity index (χ0v) is 13.6. The monoisotopic (exact) mass is 510 g/mol. The Morgan fingerprint density at radius 2 is 0.935 bits per heavy atom. The van der Waals surface area contributed by atoms with Gasteiger partial charge in [0.05, 0.1) is 7.11 Å². The van der Waals surface area contributed by atoms with E-state index in [4.69, 9.17) is 0 Å². The lowest BCUT2D eigenvalue weighted by molar-refractivity contribution is -0.548. The topological polar surface area (TPSA) is 44.8 Å². The molecule has 21 heteroatoms. The molecule has 0 aromatic carbocycles. The van der Waals surface area contributed by atoms with Gasteiger partial charge in [0.1, 0.15) is 0 Å². The Morgan fingerprint density at radius 3 is 1.19 bits per heavy atom. The largest absolute Gasteiger partial charge is 0.465 e. The van der Waals surface area contributed by atoms with E-state index in [0.29, 0.717) is 0 Å². The van der Waals surface area contributed by atoms with Gasteiger partial charge in [-0.05, 0) is 0 Å². The quantitative estimate of drug-likeness (QED) is 0.356. The van der Waals surface area contributed by atoms with Gasteiger partial charge in [0.2, 0.25) is 0 Å². The maximum absolute atomic E-state index is 13.7. The number of carbonyl (C=O) groups excluding carboxylic acids is 1. The fraction of sp³-hybridized carbons (Fsp3) is 0.900. The molecule has 0 aliphatic heterocycles. The predicted molar refractivity (Wildman–Crippen MR) is 54.9 cm³/mol. The maximum Gasteiger partial charge on any atom is 0.462 e. The molecule has 0 fully saturated rings. The minimum Gasteiger partial charge on any atom is -0.465 e. The predicted octanol–water partition coefficient (Wildman–Crippen LogP) is 5.03. The molecule has 0 rings (SSSR count). The fourth-order valence-electron chi connectivity index (χ4n) is 1.28. The summed E-state index contributed by atoms with van der Waals surface area (Å²) in [4.78, 5) is 10.7. The van der Waals surface area contributed by atoms with E-state index in [2.05, 4.69) is 4.74 Å². The van der Waals surface area contributed by atoms with E-state index >= 15 is 0 Å². The standard InChI is InChI=1S/C10H3F17O4/c1-29-2(28)3(11,6(15,16)17)30-10(26,27)5(14,8(21,22)23)31-9(24,25)4(12,13)7(18,19)20/h1H3. The van der Waals surface area contributed by atoms with Crippen molar-refractivity contribution in [1.29, 1.82) is 0 Å². The molecule has 0 N–H and O–H groups in total. The fourth-order valence-corrected chi connectivity index (χ4v) is 1.28. The molecule has 0 radical (unpaired) electrons. The van der Waals surface area contributed by atoms with Crippen molar-refractivity contribution in [1.82, 2.24) is 0 Å². The summed E-state index contributed by atoms with van der Waals surface area (Å²) in [6.07, 6.45) is -38.5. The Labute approximate surface area is 156 Å². The van der Waals surface area contributed by atoms with Crippen molar-refractivity contribution in [3.05, 3.63) is 0 Å². The highest BCUT2D eigenvalue weighted by Gasteiger charge is 2.85. The molecular weight excluding hydrogens is 507 g/mol. The minimum atomic E-state index is -8.03. The Morgan fingerprint density at radius 1 is 0.548 bits per heavy atom. The molecule has 0 aliphatic carbocycles. The van der Waals surface area contributed by atoms with Crippen LogP contribution >= 0.6 is 0 Å². The first-order valence-corrected chi connectivity index (χ1v) is 6.35. The number of halogens is 17. The normalized spacial score (nSPS) is 18.9. The zero-order valence-electron chi connectivity index (χ0n) is 13.6. The van der Waals surface area contributed by atoms with Crippen molar-refractivity contribution in [3.8, 4) is 0 Å². The molecule has 2 unspecified atom stereocenters. The summed E-state index contributed by atoms with van der Waals surface area (Å²) >= 11 is 0. The summed E-state index contributed by atoms with van der Waals surface area (Å²) in [5.74, 6) is -26.4. The summed E-state index contributed by atoms with van der Waals surface area (Å²) < 4.78 is 222. The van der Waals surface area contributed by atoms with E-state index in [1.165, 1.54) is 4.74 Å². The third-order valence-corrected chi connectivity index (χ3v) is 2.81. The minimum absolute atomic E-state index is 0.231. The lowest BCUT2D eigenvalue weighted by Crippen LogP contribution is -2.68. The smallest absolute Gasteiger partial charge is 0.462 e. The van der Waals surface area contributed by atoms with Crippen LogP contribution in [0.2, 0.25) is 0 Å². The van der Waals surface area contributed by atoms with Crippen molar-refractivity contribution in [2.75, 3.05) is 7.11 Å². The summed E-state index contributed by atoms with van der Waals surface area (Å²) in [5.41, 5.74) is 0. The SMILES string of the molecule is COC(=O)C(F)(OC(F)(F)C(F)(OC(F)(F)C(F)(F)C(F)(F)F)C(F)(F)F)C(F)(F)F. The van der Waals surface area contributed by atoms with Crippen LogP contribution in [0.3, 0.4) is 0 Å². The molecular formula is C10H3F17O4. The average Bonchev–Trinajstić information content (AvgIpc) is 2.49. The Balaban J connectivity index is 6.69. The van der Waals surface area contributed by atoms with Gasteiger partial charge in [0.15, 0.2) is 0 Å². The molecule has 2 atom stereocenters. The van der Waals surface area contributed by atoms with Crippen LogP contribution in [0.25, 0.3) is 0 Å². The van der Waals surface area contributed by atoms with Crippen LogP contribution in [0.1, 0.15) is 0 Å². The van der Waals surface area contributed by atoms with E-state index in [0.717, 1.165) is 0 Å². The molecule has 0 amide bonds. The van der Waals surface area contributed by atoms with E-state index in [1.807, 2.05) is 0 Å². The lowest BCUT2D eigenvalue weighted by Gasteiger charge is -2.39. The number of hydrogen-bond donors (Lipinski definition) is 0. The number of rotatable bonds is 7. The number of ether oxygens (including phenoxy) is 3. The van der Waals surface area contributed by atoms with Crippen molar-refractivity contribution in [2.24, 2.45) is 0 Å². The van der Waals surface area contributed by atoms with Crippen molar-refractivity contribution >= 4 is 5.97 Å². The van der Waals surface area contributed by atoms with Crippen molar-refractivity contribution < 1.29 is 93.6 Å². The third kappa shape index (κ3) is 4.85. The first kappa shape index (κ1) is 29.2. The van der Waals surface area contributed by atoms with Crippen LogP contribution in [0, 0.1) is 0 Å². The van der Waals surface area contributed by atoms with Crippen LogP contribution in [-0.2, 0) is 19.0 Å². The third-order valence-electron chi connectivity index (χ3n) is 2.81. The van der Waals surface area contributed by atoms with Crippen LogP contribution in [0.15, 0.2) is 0 Å². The number of methoxy groups -OCH3 is 1. The highest BCUT2D eigenvalue weighted by Crippen LogP contribution is 2.56. The first-order valence-electron chi connectivity index (χ1n) is 6.35. The zero-order chi connectivity index (χ0) is 25.7. The second kappa shape index (κ2) is 7.66. The molecule has 0 aromatic rings. The molecule has 186 valence electrons. The van der Waals surface area contributed by atoms with Crippen molar-refractivity contribution in [2.45, 2.75) is 48.4 Å². The number of esters is 1. The summed E-state index contributed by atoms with van der Waals surface area (Å²) in [6, 6.07) is 0. The number of carbonyl (C=O) groups is 1. The Kier molecular flexibility index (Phi) is 7.21. The highest BCUT2D eigenvalue weighted by molar-refractivity contribution is 5.78. The number of hydrogen-bond acceptors (Lipinski definition) is 4. The van der Waals surface area contributed by atoms with Gasteiger partial charge < -0.3 is 4.74 Å². The summed E-state index contributed by atoms with van der Waals surface area (Å²) in [6.45, 7) is 0. The van der Waals surface area contributed by atoms with Crippen LogP contribution in [0.5, 0.6) is 0 Å². The second-order valence-corrected chi connectivity index (χ2v) is 4.99. The maximum atomic E-state index is 13.7. The molecule has 31 heavy (non-hydrogen) atoms. The van der Waals surface area contributed by atoms with Gasteiger partial charge in [0.25, 0.3) is 0 Å². The van der Waals surface area contributed by atoms with Gasteiger partial charge in [-0.1, -0.05) is 0 Å². The molecule has 4 nitrogen and oxygen atoms in total. The molecule has 0 aliphatic rings. The summed E-state index contributed by atoms with van der Waals surface area (Å²) in [5, 5.41) is 0. The summed E-state index contributed by atoms with van der Waals surface area (Å²) in [7, 11) is -0.231. The van der Waals surface area contributed by atoms with Gasteiger partial charge in [-0.25, -0.2) is 4.79 Å². The number of alkyl halides is 17. The van der Waals surface area contributed by atoms with Crippen LogP contribution in [0.4, 0.5) is 74.6 Å². The average molecular weight is 510 g/mol. The van der Waals surface area contributed by atoms with Gasteiger partial charge in [-0.15, -0.1) is 0 Å². The van der Waals surface area contributed by atoms with Gasteiger partial charge >= 0.3 is 54.3 Å². The first-order chi connectivity index (χ1) is 13.1. The van der Waals surface area contributed by atoms with Gasteiger partial charge in [-0.3, -0.25) is 9.47 Å². The molecule has 0 saturated carbocycles. The lowest BCUT2D eigenvalue weighted by atomic mass is 10.2. The second-order valence-electron chi connectivity index (χ2n) is 4.99. The Hall–Kier alpha value is -1.80. The van der Waals surface area contributed by atoms with E-state index in [-0.39, 0.29) is 7.11 Å². The van der Waals surface area contributed by atoms with Crippen molar-refractivity contribution in [3.63, 3.8) is 0 Å². The van der Waals surface area contributed by atoms with Gasteiger partial charge in [-0.2, -0.15) is 74.6 Å². The molecule has 0 aromatic heterocycles. The van der Waals surface area contributed by atoms with E-state index in [1.54, 1.807) is 4.74 Å². The van der Waals surface area contributed by atoms with Gasteiger partial charge in [0, 0.05) is 0 Å². The van der Waals surface area contributed by atoms with E-state index in [9.17, 15) is 79.4 Å². The van der Waals surface area contributed by atoms with Crippen LogP contribution in [-0.4, -0.2) is 61.5 Å². The Bertz CT molecular complexity index is 663. The molecule has 0 spiro atoms. The highest BCUT2D eigenvalue weighted by atomic mass is 19.4. The van der Waals surface area contributed by atoms with Crippen LogP contribution < -0.4 is 0 Å². The molecule has 0 bridgehead atoms.